The van der Waals surface area contributed by atoms with Crippen molar-refractivity contribution in [2.45, 2.75) is 44.9 Å². The predicted molar refractivity (Wildman–Crippen MR) is 143 cm³/mol. The molecule has 5 rings (SSSR count). The van der Waals surface area contributed by atoms with Crippen molar-refractivity contribution in [2.75, 3.05) is 58.4 Å². The Bertz CT molecular complexity index is 1320. The summed E-state index contributed by atoms with van der Waals surface area (Å²) in [5, 5.41) is 2.83. The number of amides is 1. The van der Waals surface area contributed by atoms with Gasteiger partial charge in [0.15, 0.2) is 5.75 Å². The Labute approximate surface area is 225 Å². The fourth-order valence-corrected chi connectivity index (χ4v) is 6.25. The number of pyridine rings is 1. The van der Waals surface area contributed by atoms with Crippen LogP contribution in [0.25, 0.3) is 0 Å². The van der Waals surface area contributed by atoms with Crippen molar-refractivity contribution in [1.29, 1.82) is 0 Å². The number of hydrogen-bond donors (Lipinski definition) is 2. The number of sulfonamides is 1. The number of aromatic nitrogens is 1. The second kappa shape index (κ2) is 10.5. The van der Waals surface area contributed by atoms with E-state index in [1.165, 1.54) is 31.0 Å². The molecule has 1 atom stereocenters. The molecule has 0 unspecified atom stereocenters. The number of nitrogens with one attached hydrogen (secondary N) is 2. The Morgan fingerprint density at radius 3 is 2.51 bits per heavy atom. The van der Waals surface area contributed by atoms with Crippen molar-refractivity contribution < 1.29 is 31.1 Å². The lowest BCUT2D eigenvalue weighted by atomic mass is 9.93. The van der Waals surface area contributed by atoms with E-state index < -0.39 is 27.9 Å². The molecule has 1 amide bonds. The average Bonchev–Trinajstić information content (AvgIpc) is 3.61. The molecule has 3 aliphatic rings. The third-order valence-electron chi connectivity index (χ3n) is 7.53. The van der Waals surface area contributed by atoms with Crippen molar-refractivity contribution in [2.24, 2.45) is 5.41 Å². The number of hydrogen-bond acceptors (Lipinski definition) is 7. The zero-order chi connectivity index (χ0) is 27.8. The van der Waals surface area contributed by atoms with Crippen LogP contribution < -0.4 is 19.8 Å². The van der Waals surface area contributed by atoms with Crippen LogP contribution in [0.1, 0.15) is 43.0 Å². The summed E-state index contributed by atoms with van der Waals surface area (Å²) < 4.78 is 70.0. The maximum atomic E-state index is 13.4. The molecule has 1 aliphatic carbocycles. The zero-order valence-corrected chi connectivity index (χ0v) is 22.4. The SMILES string of the molecule is C[C@@H]1CN(c2cccc(NC(=O)c3ccc(NS(=O)(=O)CC(F)(F)F)cc3N3CCC4(CC3)CC4)n2)CCO1. The first-order valence-electron chi connectivity index (χ1n) is 13.0. The lowest BCUT2D eigenvalue weighted by Crippen LogP contribution is -2.41. The molecule has 13 heteroatoms. The highest BCUT2D eigenvalue weighted by Crippen LogP contribution is 2.54. The molecule has 39 heavy (non-hydrogen) atoms. The summed E-state index contributed by atoms with van der Waals surface area (Å²) in [6.45, 7) is 5.26. The molecule has 1 aromatic heterocycles. The van der Waals surface area contributed by atoms with Gasteiger partial charge in [0.05, 0.1) is 29.6 Å². The first kappa shape index (κ1) is 27.5. The topological polar surface area (TPSA) is 104 Å². The van der Waals surface area contributed by atoms with Gasteiger partial charge in [-0.25, -0.2) is 13.4 Å². The van der Waals surface area contributed by atoms with Crippen LogP contribution in [0.15, 0.2) is 36.4 Å². The monoisotopic (exact) mass is 567 g/mol. The van der Waals surface area contributed by atoms with E-state index in [0.29, 0.717) is 55.5 Å². The summed E-state index contributed by atoms with van der Waals surface area (Å²) in [7, 11) is -4.67. The molecule has 1 saturated carbocycles. The van der Waals surface area contributed by atoms with E-state index >= 15 is 0 Å². The van der Waals surface area contributed by atoms with Crippen molar-refractivity contribution in [1.82, 2.24) is 4.98 Å². The molecule has 9 nitrogen and oxygen atoms in total. The Hall–Kier alpha value is -3.06. The number of carbonyl (C=O) groups excluding carboxylic acids is 1. The van der Waals surface area contributed by atoms with E-state index in [1.807, 2.05) is 22.6 Å². The van der Waals surface area contributed by atoms with Crippen LogP contribution in [0, 0.1) is 5.41 Å². The molecule has 2 aromatic rings. The van der Waals surface area contributed by atoms with Gasteiger partial charge in [-0.2, -0.15) is 13.2 Å². The fourth-order valence-electron chi connectivity index (χ4n) is 5.26. The van der Waals surface area contributed by atoms with E-state index in [-0.39, 0.29) is 17.4 Å². The van der Waals surface area contributed by atoms with Gasteiger partial charge >= 0.3 is 6.18 Å². The molecular formula is C26H32F3N5O4S. The maximum Gasteiger partial charge on any atom is 0.404 e. The second-order valence-corrected chi connectivity index (χ2v) is 12.4. The minimum absolute atomic E-state index is 0.0286. The van der Waals surface area contributed by atoms with Gasteiger partial charge in [0.25, 0.3) is 5.91 Å². The number of anilines is 4. The first-order valence-corrected chi connectivity index (χ1v) is 14.7. The first-order chi connectivity index (χ1) is 18.4. The van der Waals surface area contributed by atoms with Crippen LogP contribution in [0.3, 0.4) is 0 Å². The van der Waals surface area contributed by atoms with Crippen LogP contribution in [0.4, 0.5) is 36.2 Å². The van der Waals surface area contributed by atoms with Crippen LogP contribution in [-0.2, 0) is 14.8 Å². The van der Waals surface area contributed by atoms with E-state index in [0.717, 1.165) is 12.8 Å². The van der Waals surface area contributed by atoms with Crippen LogP contribution in [0.2, 0.25) is 0 Å². The molecule has 0 bridgehead atoms. The normalized spacial score (nSPS) is 21.1. The largest absolute Gasteiger partial charge is 0.404 e. The number of alkyl halides is 3. The van der Waals surface area contributed by atoms with E-state index in [1.54, 1.807) is 12.1 Å². The Morgan fingerprint density at radius 1 is 1.10 bits per heavy atom. The number of halogens is 3. The van der Waals surface area contributed by atoms with Gasteiger partial charge < -0.3 is 19.9 Å². The van der Waals surface area contributed by atoms with Crippen molar-refractivity contribution >= 4 is 38.9 Å². The lowest BCUT2D eigenvalue weighted by Gasteiger charge is -2.35. The highest BCUT2D eigenvalue weighted by atomic mass is 32.2. The molecule has 0 radical (unpaired) electrons. The fraction of sp³-hybridized carbons (Fsp3) is 0.538. The zero-order valence-electron chi connectivity index (χ0n) is 21.6. The summed E-state index contributed by atoms with van der Waals surface area (Å²) in [6.07, 6.45) is -0.571. The van der Waals surface area contributed by atoms with E-state index in [9.17, 15) is 26.4 Å². The van der Waals surface area contributed by atoms with Crippen molar-refractivity contribution in [3.8, 4) is 0 Å². The highest BCUT2D eigenvalue weighted by Gasteiger charge is 2.44. The third kappa shape index (κ3) is 6.93. The molecule has 3 fully saturated rings. The predicted octanol–water partition coefficient (Wildman–Crippen LogP) is 4.24. The third-order valence-corrected chi connectivity index (χ3v) is 8.79. The summed E-state index contributed by atoms with van der Waals surface area (Å²) in [5.41, 5.74) is 1.08. The quantitative estimate of drug-likeness (QED) is 0.516. The molecule has 3 heterocycles. The minimum atomic E-state index is -4.87. The van der Waals surface area contributed by atoms with Gasteiger partial charge in [0.1, 0.15) is 11.6 Å². The standard InChI is InChI=1S/C26H32F3N5O4S/c1-18-16-34(13-14-38-18)23-4-2-3-22(30-23)31-24(35)20-6-5-19(32-39(36,37)17-26(27,28)29)15-21(20)33-11-9-25(7-8-25)10-12-33/h2-6,15,18,32H,7-14,16-17H2,1H3,(H,30,31,35)/t18-/m1/s1. The minimum Gasteiger partial charge on any atom is -0.375 e. The number of carbonyl (C=O) groups is 1. The number of piperidine rings is 1. The van der Waals surface area contributed by atoms with Gasteiger partial charge in [-0.05, 0) is 68.4 Å². The maximum absolute atomic E-state index is 13.4. The summed E-state index contributed by atoms with van der Waals surface area (Å²) >= 11 is 0. The lowest BCUT2D eigenvalue weighted by molar-refractivity contribution is -0.106. The summed E-state index contributed by atoms with van der Waals surface area (Å²) in [5.74, 6) is -1.37. The number of morpholine rings is 1. The molecule has 2 N–H and O–H groups in total. The van der Waals surface area contributed by atoms with Crippen LogP contribution in [0.5, 0.6) is 0 Å². The van der Waals surface area contributed by atoms with Gasteiger partial charge in [-0.15, -0.1) is 0 Å². The van der Waals surface area contributed by atoms with E-state index in [2.05, 4.69) is 15.2 Å². The molecule has 1 spiro atoms. The van der Waals surface area contributed by atoms with Crippen molar-refractivity contribution in [3.05, 3.63) is 42.0 Å². The van der Waals surface area contributed by atoms with Gasteiger partial charge in [0, 0.05) is 26.2 Å². The highest BCUT2D eigenvalue weighted by molar-refractivity contribution is 7.92. The average molecular weight is 568 g/mol. The number of rotatable bonds is 7. The summed E-state index contributed by atoms with van der Waals surface area (Å²) in [6, 6.07) is 9.53. The molecular weight excluding hydrogens is 535 g/mol. The summed E-state index contributed by atoms with van der Waals surface area (Å²) in [4.78, 5) is 22.1. The number of ether oxygens (including phenoxy) is 1. The van der Waals surface area contributed by atoms with Crippen molar-refractivity contribution in [3.63, 3.8) is 0 Å². The second-order valence-electron chi connectivity index (χ2n) is 10.7. The van der Waals surface area contributed by atoms with Crippen LogP contribution in [-0.4, -0.2) is 70.1 Å². The van der Waals surface area contributed by atoms with Gasteiger partial charge in [-0.3, -0.25) is 9.52 Å². The van der Waals surface area contributed by atoms with Gasteiger partial charge in [0.2, 0.25) is 10.0 Å². The Kier molecular flexibility index (Phi) is 7.40. The molecule has 1 aromatic carbocycles. The number of benzene rings is 1. The van der Waals surface area contributed by atoms with Crippen LogP contribution >= 0.6 is 0 Å². The van der Waals surface area contributed by atoms with E-state index in [4.69, 9.17) is 4.74 Å². The molecule has 2 saturated heterocycles. The smallest absolute Gasteiger partial charge is 0.375 e. The Balaban J connectivity index is 1.38. The Morgan fingerprint density at radius 2 is 1.85 bits per heavy atom. The molecule has 2 aliphatic heterocycles. The molecule has 212 valence electrons. The number of nitrogens with zero attached hydrogens (tertiary/aromatic N) is 3. The van der Waals surface area contributed by atoms with Gasteiger partial charge in [-0.1, -0.05) is 6.07 Å².